The number of rotatable bonds is 4. The average Bonchev–Trinajstić information content (AvgIpc) is 2.76. The van der Waals surface area contributed by atoms with Crippen molar-refractivity contribution >= 4 is 44.8 Å². The summed E-state index contributed by atoms with van der Waals surface area (Å²) < 4.78 is 0.642. The summed E-state index contributed by atoms with van der Waals surface area (Å²) in [5, 5.41) is 14.4. The largest absolute Gasteiger partial charge is 0.478 e. The molecule has 0 unspecified atom stereocenters. The van der Waals surface area contributed by atoms with E-state index in [1.165, 1.54) is 17.4 Å². The molecule has 1 aromatic carbocycles. The molecule has 2 rings (SSSR count). The van der Waals surface area contributed by atoms with Crippen LogP contribution in [-0.4, -0.2) is 22.0 Å². The topological polar surface area (TPSA) is 79.3 Å². The summed E-state index contributed by atoms with van der Waals surface area (Å²) in [5.74, 6) is -1.38. The highest BCUT2D eigenvalue weighted by molar-refractivity contribution is 9.10. The normalized spacial score (nSPS) is 10.3. The first-order valence-corrected chi connectivity index (χ1v) is 7.36. The van der Waals surface area contributed by atoms with Gasteiger partial charge in [0.05, 0.1) is 28.4 Å². The number of aromatic nitrogens is 1. The van der Waals surface area contributed by atoms with Gasteiger partial charge in [-0.05, 0) is 25.1 Å². The van der Waals surface area contributed by atoms with Crippen molar-refractivity contribution in [2.24, 2.45) is 0 Å². The molecule has 2 N–H and O–H groups in total. The third-order valence-corrected chi connectivity index (χ3v) is 3.81. The van der Waals surface area contributed by atoms with E-state index in [2.05, 4.69) is 26.2 Å². The van der Waals surface area contributed by atoms with Crippen molar-refractivity contribution in [1.82, 2.24) is 4.98 Å². The summed E-state index contributed by atoms with van der Waals surface area (Å²) in [5.41, 5.74) is 0.999. The molecule has 0 fully saturated rings. The fourth-order valence-corrected chi connectivity index (χ4v) is 2.62. The number of carbonyl (C=O) groups is 2. The second kappa shape index (κ2) is 6.15. The highest BCUT2D eigenvalue weighted by Crippen LogP contribution is 2.21. The van der Waals surface area contributed by atoms with E-state index in [0.717, 1.165) is 5.01 Å². The smallest absolute Gasteiger partial charge is 0.337 e. The monoisotopic (exact) mass is 354 g/mol. The Labute approximate surface area is 127 Å². The zero-order chi connectivity index (χ0) is 14.7. The van der Waals surface area contributed by atoms with Gasteiger partial charge < -0.3 is 10.4 Å². The van der Waals surface area contributed by atoms with Gasteiger partial charge in [-0.3, -0.25) is 4.79 Å². The van der Waals surface area contributed by atoms with E-state index >= 15 is 0 Å². The minimum absolute atomic E-state index is 0.0437. The maximum Gasteiger partial charge on any atom is 0.337 e. The number of thiazole rings is 1. The van der Waals surface area contributed by atoms with Gasteiger partial charge in [-0.1, -0.05) is 15.9 Å². The van der Waals surface area contributed by atoms with E-state index in [1.807, 2.05) is 12.3 Å². The van der Waals surface area contributed by atoms with Crippen LogP contribution in [0.5, 0.6) is 0 Å². The SMILES string of the molecule is Cc1nc(CC(=O)Nc2ccc(Br)cc2C(=O)O)cs1. The van der Waals surface area contributed by atoms with Gasteiger partial charge in [-0.25, -0.2) is 9.78 Å². The number of amides is 1. The van der Waals surface area contributed by atoms with Crippen molar-refractivity contribution in [1.29, 1.82) is 0 Å². The van der Waals surface area contributed by atoms with Crippen molar-refractivity contribution in [3.8, 4) is 0 Å². The fourth-order valence-electron chi connectivity index (χ4n) is 1.65. The van der Waals surface area contributed by atoms with Crippen LogP contribution >= 0.6 is 27.3 Å². The van der Waals surface area contributed by atoms with E-state index in [1.54, 1.807) is 12.1 Å². The number of halogens is 1. The fraction of sp³-hybridized carbons (Fsp3) is 0.154. The maximum absolute atomic E-state index is 11.9. The molecule has 104 valence electrons. The Morgan fingerprint density at radius 2 is 2.20 bits per heavy atom. The molecule has 0 aliphatic heterocycles. The number of hydrogen-bond acceptors (Lipinski definition) is 4. The van der Waals surface area contributed by atoms with Gasteiger partial charge in [0.15, 0.2) is 0 Å². The van der Waals surface area contributed by atoms with E-state index in [4.69, 9.17) is 5.11 Å². The van der Waals surface area contributed by atoms with Crippen LogP contribution in [0, 0.1) is 6.92 Å². The second-order valence-electron chi connectivity index (χ2n) is 4.08. The predicted molar refractivity (Wildman–Crippen MR) is 80.3 cm³/mol. The molecule has 0 saturated carbocycles. The molecule has 1 aromatic heterocycles. The third kappa shape index (κ3) is 3.64. The van der Waals surface area contributed by atoms with Crippen LogP contribution in [0.4, 0.5) is 5.69 Å². The molecule has 0 aliphatic carbocycles. The van der Waals surface area contributed by atoms with Gasteiger partial charge in [0, 0.05) is 9.85 Å². The van der Waals surface area contributed by atoms with Gasteiger partial charge in [0.1, 0.15) is 0 Å². The molecular weight excluding hydrogens is 344 g/mol. The highest BCUT2D eigenvalue weighted by Gasteiger charge is 2.14. The molecule has 0 saturated heterocycles. The minimum Gasteiger partial charge on any atom is -0.478 e. The van der Waals surface area contributed by atoms with E-state index in [-0.39, 0.29) is 23.6 Å². The quantitative estimate of drug-likeness (QED) is 0.883. The molecule has 0 bridgehead atoms. The van der Waals surface area contributed by atoms with Crippen LogP contribution in [0.1, 0.15) is 21.1 Å². The van der Waals surface area contributed by atoms with Crippen LogP contribution in [0.15, 0.2) is 28.1 Å². The Morgan fingerprint density at radius 3 is 2.80 bits per heavy atom. The molecule has 7 heteroatoms. The lowest BCUT2D eigenvalue weighted by molar-refractivity contribution is -0.115. The summed E-state index contributed by atoms with van der Waals surface area (Å²) >= 11 is 4.67. The van der Waals surface area contributed by atoms with Crippen LogP contribution in [0.2, 0.25) is 0 Å². The molecule has 1 amide bonds. The number of aryl methyl sites for hydroxylation is 1. The van der Waals surface area contributed by atoms with Crippen LogP contribution in [-0.2, 0) is 11.2 Å². The Hall–Kier alpha value is -1.73. The molecule has 0 atom stereocenters. The van der Waals surface area contributed by atoms with Crippen molar-refractivity contribution in [3.63, 3.8) is 0 Å². The Bertz CT molecular complexity index is 669. The highest BCUT2D eigenvalue weighted by atomic mass is 79.9. The Kier molecular flexibility index (Phi) is 4.51. The number of hydrogen-bond donors (Lipinski definition) is 2. The Balaban J connectivity index is 2.13. The number of carbonyl (C=O) groups excluding carboxylic acids is 1. The first-order chi connectivity index (χ1) is 9.45. The van der Waals surface area contributed by atoms with Gasteiger partial charge in [0.2, 0.25) is 5.91 Å². The number of aromatic carboxylic acids is 1. The Morgan fingerprint density at radius 1 is 1.45 bits per heavy atom. The number of nitrogens with one attached hydrogen (secondary N) is 1. The second-order valence-corrected chi connectivity index (χ2v) is 6.06. The maximum atomic E-state index is 11.9. The van der Waals surface area contributed by atoms with Gasteiger partial charge >= 0.3 is 5.97 Å². The van der Waals surface area contributed by atoms with E-state index < -0.39 is 5.97 Å². The molecule has 5 nitrogen and oxygen atoms in total. The van der Waals surface area contributed by atoms with E-state index in [9.17, 15) is 9.59 Å². The molecule has 0 radical (unpaired) electrons. The lowest BCUT2D eigenvalue weighted by atomic mass is 10.1. The summed E-state index contributed by atoms with van der Waals surface area (Å²) in [6, 6.07) is 4.68. The number of nitrogens with zero attached hydrogens (tertiary/aromatic N) is 1. The molecule has 2 aromatic rings. The molecule has 0 aliphatic rings. The van der Waals surface area contributed by atoms with Crippen molar-refractivity contribution < 1.29 is 14.7 Å². The predicted octanol–water partition coefficient (Wildman–Crippen LogP) is 3.09. The summed E-state index contributed by atoms with van der Waals surface area (Å²) in [7, 11) is 0. The van der Waals surface area contributed by atoms with Gasteiger partial charge in [-0.15, -0.1) is 11.3 Å². The number of carboxylic acid groups (broad SMARTS) is 1. The lowest BCUT2D eigenvalue weighted by Gasteiger charge is -2.08. The summed E-state index contributed by atoms with van der Waals surface area (Å²) in [6.07, 6.45) is 0.124. The average molecular weight is 355 g/mol. The zero-order valence-corrected chi connectivity index (χ0v) is 12.9. The third-order valence-electron chi connectivity index (χ3n) is 2.49. The number of anilines is 1. The first kappa shape index (κ1) is 14.7. The number of benzene rings is 1. The first-order valence-electron chi connectivity index (χ1n) is 5.69. The van der Waals surface area contributed by atoms with E-state index in [0.29, 0.717) is 10.2 Å². The molecular formula is C13H11BrN2O3S. The molecule has 0 spiro atoms. The van der Waals surface area contributed by atoms with Crippen LogP contribution < -0.4 is 5.32 Å². The van der Waals surface area contributed by atoms with Crippen molar-refractivity contribution in [3.05, 3.63) is 44.3 Å². The van der Waals surface area contributed by atoms with Crippen molar-refractivity contribution in [2.45, 2.75) is 13.3 Å². The molecule has 1 heterocycles. The zero-order valence-electron chi connectivity index (χ0n) is 10.5. The molecule has 20 heavy (non-hydrogen) atoms. The minimum atomic E-state index is -1.09. The summed E-state index contributed by atoms with van der Waals surface area (Å²) in [4.78, 5) is 27.2. The van der Waals surface area contributed by atoms with Gasteiger partial charge in [0.25, 0.3) is 0 Å². The number of carboxylic acids is 1. The lowest BCUT2D eigenvalue weighted by Crippen LogP contribution is -2.17. The standard InChI is InChI=1S/C13H11BrN2O3S/c1-7-15-9(6-20-7)5-12(17)16-11-3-2-8(14)4-10(11)13(18)19/h2-4,6H,5H2,1H3,(H,16,17)(H,18,19). The van der Waals surface area contributed by atoms with Crippen LogP contribution in [0.25, 0.3) is 0 Å². The van der Waals surface area contributed by atoms with Crippen molar-refractivity contribution in [2.75, 3.05) is 5.32 Å². The van der Waals surface area contributed by atoms with Crippen LogP contribution in [0.3, 0.4) is 0 Å². The summed E-state index contributed by atoms with van der Waals surface area (Å²) in [6.45, 7) is 1.86. The van der Waals surface area contributed by atoms with Gasteiger partial charge in [-0.2, -0.15) is 0 Å².